The molecule has 0 saturated carbocycles. The number of nitrogens with two attached hydrogens (primary N) is 1. The molecule has 1 rings (SSSR count). The van der Waals surface area contributed by atoms with Crippen LogP contribution in [0.25, 0.3) is 0 Å². The van der Waals surface area contributed by atoms with Crippen molar-refractivity contribution >= 4 is 5.91 Å². The van der Waals surface area contributed by atoms with Gasteiger partial charge >= 0.3 is 0 Å². The van der Waals surface area contributed by atoms with Crippen molar-refractivity contribution in [1.29, 1.82) is 0 Å². The Morgan fingerprint density at radius 2 is 2.67 bits per heavy atom. The van der Waals surface area contributed by atoms with Gasteiger partial charge in [0.05, 0.1) is 11.8 Å². The van der Waals surface area contributed by atoms with E-state index in [0.29, 0.717) is 12.1 Å². The smallest absolute Gasteiger partial charge is 0.254 e. The molecular formula is C7H12N4O. The van der Waals surface area contributed by atoms with Gasteiger partial charge in [0, 0.05) is 18.8 Å². The van der Waals surface area contributed by atoms with E-state index in [9.17, 15) is 4.79 Å². The Hall–Kier alpha value is -1.36. The van der Waals surface area contributed by atoms with Crippen molar-refractivity contribution in [2.24, 2.45) is 5.73 Å². The number of aromatic amines is 1. The zero-order valence-corrected chi connectivity index (χ0v) is 6.87. The molecule has 0 fully saturated rings. The molecule has 5 nitrogen and oxygen atoms in total. The van der Waals surface area contributed by atoms with Gasteiger partial charge in [-0.3, -0.25) is 9.89 Å². The number of nitrogens with one attached hydrogen (secondary N) is 2. The fraction of sp³-hybridized carbons (Fsp3) is 0.429. The molecule has 1 unspecified atom stereocenters. The molecule has 0 spiro atoms. The van der Waals surface area contributed by atoms with Crippen LogP contribution in [0.4, 0.5) is 0 Å². The van der Waals surface area contributed by atoms with Crippen LogP contribution in [0.2, 0.25) is 0 Å². The fourth-order valence-corrected chi connectivity index (χ4v) is 0.731. The van der Waals surface area contributed by atoms with Gasteiger partial charge in [0.15, 0.2) is 0 Å². The first-order valence-corrected chi connectivity index (χ1v) is 3.72. The van der Waals surface area contributed by atoms with Crippen LogP contribution >= 0.6 is 0 Å². The Labute approximate surface area is 70.3 Å². The standard InChI is InChI=1S/C7H12N4O/c1-5(8)2-9-7(12)6-3-10-11-4-6/h3-5H,2,8H2,1H3,(H,9,12)(H,10,11). The van der Waals surface area contributed by atoms with E-state index >= 15 is 0 Å². The molecule has 1 aromatic rings. The van der Waals surface area contributed by atoms with E-state index in [1.807, 2.05) is 6.92 Å². The molecule has 0 radical (unpaired) electrons. The summed E-state index contributed by atoms with van der Waals surface area (Å²) in [7, 11) is 0. The van der Waals surface area contributed by atoms with E-state index in [2.05, 4.69) is 15.5 Å². The van der Waals surface area contributed by atoms with Crippen molar-refractivity contribution in [3.8, 4) is 0 Å². The molecule has 5 heteroatoms. The van der Waals surface area contributed by atoms with Crippen molar-refractivity contribution in [3.63, 3.8) is 0 Å². The van der Waals surface area contributed by atoms with Crippen LogP contribution in [0, 0.1) is 0 Å². The van der Waals surface area contributed by atoms with Crippen LogP contribution in [0.5, 0.6) is 0 Å². The summed E-state index contributed by atoms with van der Waals surface area (Å²) in [5, 5.41) is 8.87. The van der Waals surface area contributed by atoms with E-state index in [-0.39, 0.29) is 11.9 Å². The SMILES string of the molecule is CC(N)CNC(=O)c1cn[nH]c1. The zero-order chi connectivity index (χ0) is 8.97. The second-order valence-corrected chi connectivity index (χ2v) is 2.67. The molecule has 0 aliphatic rings. The number of amides is 1. The van der Waals surface area contributed by atoms with Crippen LogP contribution in [0.1, 0.15) is 17.3 Å². The predicted octanol–water partition coefficient (Wildman–Crippen LogP) is -0.513. The van der Waals surface area contributed by atoms with Crippen molar-refractivity contribution < 1.29 is 4.79 Å². The highest BCUT2D eigenvalue weighted by atomic mass is 16.1. The summed E-state index contributed by atoms with van der Waals surface area (Å²) < 4.78 is 0. The molecule has 66 valence electrons. The van der Waals surface area contributed by atoms with Crippen molar-refractivity contribution in [2.75, 3.05) is 6.54 Å². The maximum Gasteiger partial charge on any atom is 0.254 e. The summed E-state index contributed by atoms with van der Waals surface area (Å²) in [6.45, 7) is 2.31. The summed E-state index contributed by atoms with van der Waals surface area (Å²) in [6, 6.07) is -0.0270. The van der Waals surface area contributed by atoms with Crippen LogP contribution in [0.3, 0.4) is 0 Å². The highest BCUT2D eigenvalue weighted by molar-refractivity contribution is 5.93. The predicted molar refractivity (Wildman–Crippen MR) is 44.6 cm³/mol. The summed E-state index contributed by atoms with van der Waals surface area (Å²) >= 11 is 0. The van der Waals surface area contributed by atoms with E-state index < -0.39 is 0 Å². The Balaban J connectivity index is 2.40. The van der Waals surface area contributed by atoms with Gasteiger partial charge in [0.2, 0.25) is 0 Å². The van der Waals surface area contributed by atoms with Gasteiger partial charge in [0.25, 0.3) is 5.91 Å². The van der Waals surface area contributed by atoms with Crippen molar-refractivity contribution in [3.05, 3.63) is 18.0 Å². The molecule has 0 aliphatic carbocycles. The van der Waals surface area contributed by atoms with Crippen LogP contribution in [-0.4, -0.2) is 28.7 Å². The average molecular weight is 168 g/mol. The Bertz CT molecular complexity index is 242. The highest BCUT2D eigenvalue weighted by Gasteiger charge is 2.05. The molecular weight excluding hydrogens is 156 g/mol. The van der Waals surface area contributed by atoms with Gasteiger partial charge in [-0.25, -0.2) is 0 Å². The van der Waals surface area contributed by atoms with Gasteiger partial charge in [-0.15, -0.1) is 0 Å². The summed E-state index contributed by atoms with van der Waals surface area (Å²) in [6.07, 6.45) is 3.01. The number of hydrogen-bond donors (Lipinski definition) is 3. The van der Waals surface area contributed by atoms with Crippen LogP contribution in [0.15, 0.2) is 12.4 Å². The van der Waals surface area contributed by atoms with Crippen LogP contribution in [-0.2, 0) is 0 Å². The summed E-state index contributed by atoms with van der Waals surface area (Å²) in [5.74, 6) is -0.152. The van der Waals surface area contributed by atoms with Gasteiger partial charge in [-0.05, 0) is 6.92 Å². The average Bonchev–Trinajstić information content (AvgIpc) is 2.51. The topological polar surface area (TPSA) is 83.8 Å². The number of rotatable bonds is 3. The lowest BCUT2D eigenvalue weighted by Crippen LogP contribution is -2.34. The monoisotopic (exact) mass is 168 g/mol. The minimum atomic E-state index is -0.152. The lowest BCUT2D eigenvalue weighted by atomic mass is 10.3. The van der Waals surface area contributed by atoms with Crippen LogP contribution < -0.4 is 11.1 Å². The molecule has 0 bridgehead atoms. The largest absolute Gasteiger partial charge is 0.350 e. The second-order valence-electron chi connectivity index (χ2n) is 2.67. The second kappa shape index (κ2) is 3.87. The summed E-state index contributed by atoms with van der Waals surface area (Å²) in [4.78, 5) is 11.2. The van der Waals surface area contributed by atoms with Crippen molar-refractivity contribution in [2.45, 2.75) is 13.0 Å². The molecule has 0 aliphatic heterocycles. The van der Waals surface area contributed by atoms with Gasteiger partial charge < -0.3 is 11.1 Å². The van der Waals surface area contributed by atoms with Gasteiger partial charge in [-0.1, -0.05) is 0 Å². The lowest BCUT2D eigenvalue weighted by molar-refractivity contribution is 0.0952. The summed E-state index contributed by atoms with van der Waals surface area (Å²) in [5.41, 5.74) is 5.98. The Morgan fingerprint density at radius 1 is 1.92 bits per heavy atom. The molecule has 1 aromatic heterocycles. The Morgan fingerprint density at radius 3 is 3.17 bits per heavy atom. The van der Waals surface area contributed by atoms with Gasteiger partial charge in [-0.2, -0.15) is 5.10 Å². The number of H-pyrrole nitrogens is 1. The van der Waals surface area contributed by atoms with E-state index in [1.165, 1.54) is 12.4 Å². The first kappa shape index (κ1) is 8.73. The number of hydrogen-bond acceptors (Lipinski definition) is 3. The minimum Gasteiger partial charge on any atom is -0.350 e. The molecule has 12 heavy (non-hydrogen) atoms. The normalized spacial score (nSPS) is 12.5. The molecule has 0 saturated heterocycles. The maximum atomic E-state index is 11.2. The third kappa shape index (κ3) is 2.35. The molecule has 1 atom stereocenters. The lowest BCUT2D eigenvalue weighted by Gasteiger charge is -2.05. The first-order valence-electron chi connectivity index (χ1n) is 3.72. The minimum absolute atomic E-state index is 0.0270. The van der Waals surface area contributed by atoms with Gasteiger partial charge in [0.1, 0.15) is 0 Å². The number of nitrogens with zero attached hydrogens (tertiary/aromatic N) is 1. The number of aromatic nitrogens is 2. The third-order valence-corrected chi connectivity index (χ3v) is 1.35. The quantitative estimate of drug-likeness (QED) is 0.568. The highest BCUT2D eigenvalue weighted by Crippen LogP contribution is 1.92. The third-order valence-electron chi connectivity index (χ3n) is 1.35. The number of carbonyl (C=O) groups excluding carboxylic acids is 1. The van der Waals surface area contributed by atoms with E-state index in [1.54, 1.807) is 0 Å². The Kier molecular flexibility index (Phi) is 2.82. The molecule has 1 heterocycles. The maximum absolute atomic E-state index is 11.2. The van der Waals surface area contributed by atoms with E-state index in [0.717, 1.165) is 0 Å². The molecule has 4 N–H and O–H groups in total. The van der Waals surface area contributed by atoms with E-state index in [4.69, 9.17) is 5.73 Å². The number of carbonyl (C=O) groups is 1. The zero-order valence-electron chi connectivity index (χ0n) is 6.87. The first-order chi connectivity index (χ1) is 5.70. The fourth-order valence-electron chi connectivity index (χ4n) is 0.731. The molecule has 0 aromatic carbocycles. The molecule has 1 amide bonds. The van der Waals surface area contributed by atoms with Crippen molar-refractivity contribution in [1.82, 2.24) is 15.5 Å².